The summed E-state index contributed by atoms with van der Waals surface area (Å²) < 4.78 is 37.6. The van der Waals surface area contributed by atoms with Crippen molar-refractivity contribution in [2.75, 3.05) is 11.9 Å². The van der Waals surface area contributed by atoms with Gasteiger partial charge in [-0.2, -0.15) is 13.2 Å². The Kier molecular flexibility index (Phi) is 4.44. The largest absolute Gasteiger partial charge is 0.471 e. The molecule has 7 heteroatoms. The van der Waals surface area contributed by atoms with Crippen LogP contribution in [0.15, 0.2) is 18.2 Å². The van der Waals surface area contributed by atoms with E-state index in [1.54, 1.807) is 12.1 Å². The van der Waals surface area contributed by atoms with Crippen LogP contribution in [0.2, 0.25) is 0 Å². The lowest BCUT2D eigenvalue weighted by Gasteiger charge is -2.24. The maximum atomic E-state index is 12.5. The molecule has 0 radical (unpaired) electrons. The molecule has 1 saturated heterocycles. The van der Waals surface area contributed by atoms with Crippen molar-refractivity contribution in [1.29, 1.82) is 0 Å². The highest BCUT2D eigenvalue weighted by Gasteiger charge is 2.47. The van der Waals surface area contributed by atoms with E-state index >= 15 is 0 Å². The highest BCUT2D eigenvalue weighted by Crippen LogP contribution is 2.26. The third-order valence-corrected chi connectivity index (χ3v) is 3.55. The molecule has 1 heterocycles. The van der Waals surface area contributed by atoms with Gasteiger partial charge in [0.2, 0.25) is 5.91 Å². The lowest BCUT2D eigenvalue weighted by atomic mass is 10.1. The van der Waals surface area contributed by atoms with Crippen molar-refractivity contribution in [1.82, 2.24) is 4.90 Å². The molecule has 0 bridgehead atoms. The predicted octanol–water partition coefficient (Wildman–Crippen LogP) is 2.80. The molecule has 22 heavy (non-hydrogen) atoms. The van der Waals surface area contributed by atoms with Crippen molar-refractivity contribution in [3.8, 4) is 0 Å². The van der Waals surface area contributed by atoms with Gasteiger partial charge in [-0.15, -0.1) is 0 Å². The molecule has 2 amide bonds. The normalized spacial score (nSPS) is 18.4. The maximum absolute atomic E-state index is 12.5. The second-order valence-corrected chi connectivity index (χ2v) is 5.52. The van der Waals surface area contributed by atoms with Gasteiger partial charge in [-0.1, -0.05) is 6.07 Å². The summed E-state index contributed by atoms with van der Waals surface area (Å²) in [7, 11) is 0. The van der Waals surface area contributed by atoms with Gasteiger partial charge in [-0.3, -0.25) is 9.59 Å². The number of rotatable bonds is 2. The van der Waals surface area contributed by atoms with Crippen molar-refractivity contribution in [3.63, 3.8) is 0 Å². The number of halogens is 3. The molecule has 1 N–H and O–H groups in total. The zero-order valence-corrected chi connectivity index (χ0v) is 12.3. The van der Waals surface area contributed by atoms with E-state index in [1.165, 1.54) is 0 Å². The highest BCUT2D eigenvalue weighted by molar-refractivity contribution is 5.98. The van der Waals surface area contributed by atoms with Crippen LogP contribution in [0.3, 0.4) is 0 Å². The molecule has 0 aliphatic carbocycles. The van der Waals surface area contributed by atoms with Gasteiger partial charge >= 0.3 is 12.1 Å². The fourth-order valence-corrected chi connectivity index (χ4v) is 2.72. The zero-order valence-electron chi connectivity index (χ0n) is 12.3. The Labute approximate surface area is 126 Å². The number of nitrogens with zero attached hydrogens (tertiary/aromatic N) is 1. The first-order chi connectivity index (χ1) is 10.2. The molecule has 1 unspecified atom stereocenters. The molecule has 1 aliphatic heterocycles. The van der Waals surface area contributed by atoms with Gasteiger partial charge < -0.3 is 10.2 Å². The van der Waals surface area contributed by atoms with Gasteiger partial charge in [0.15, 0.2) is 0 Å². The van der Waals surface area contributed by atoms with Crippen LogP contribution in [0.5, 0.6) is 0 Å². The summed E-state index contributed by atoms with van der Waals surface area (Å²) in [6.07, 6.45) is -4.34. The van der Waals surface area contributed by atoms with E-state index in [9.17, 15) is 22.8 Å². The fraction of sp³-hybridized carbons (Fsp3) is 0.467. The Balaban J connectivity index is 2.13. The highest BCUT2D eigenvalue weighted by atomic mass is 19.4. The quantitative estimate of drug-likeness (QED) is 0.912. The molecule has 0 aromatic heterocycles. The minimum atomic E-state index is -4.96. The Morgan fingerprint density at radius 2 is 1.77 bits per heavy atom. The molecule has 0 saturated carbocycles. The second-order valence-electron chi connectivity index (χ2n) is 5.52. The monoisotopic (exact) mass is 314 g/mol. The molecular weight excluding hydrogens is 297 g/mol. The number of anilines is 1. The van der Waals surface area contributed by atoms with Crippen LogP contribution in [0, 0.1) is 13.8 Å². The number of nitrogens with one attached hydrogen (secondary N) is 1. The van der Waals surface area contributed by atoms with Crippen molar-refractivity contribution < 1.29 is 22.8 Å². The molecule has 1 atom stereocenters. The summed E-state index contributed by atoms with van der Waals surface area (Å²) in [5.74, 6) is -2.54. The van der Waals surface area contributed by atoms with Crippen LogP contribution in [-0.4, -0.2) is 35.5 Å². The fourth-order valence-electron chi connectivity index (χ4n) is 2.72. The van der Waals surface area contributed by atoms with Crippen molar-refractivity contribution in [2.45, 2.75) is 38.9 Å². The lowest BCUT2D eigenvalue weighted by Crippen LogP contribution is -2.48. The average molecular weight is 314 g/mol. The van der Waals surface area contributed by atoms with Crippen LogP contribution < -0.4 is 5.32 Å². The number of alkyl halides is 3. The van der Waals surface area contributed by atoms with E-state index in [1.807, 2.05) is 19.9 Å². The predicted molar refractivity (Wildman–Crippen MR) is 75.3 cm³/mol. The molecule has 1 aliphatic rings. The van der Waals surface area contributed by atoms with Gasteiger partial charge in [0.1, 0.15) is 6.04 Å². The van der Waals surface area contributed by atoms with E-state index in [4.69, 9.17) is 0 Å². The SMILES string of the molecule is Cc1cc(C)cc(NC(=O)C2CCCN2C(=O)C(F)(F)F)c1. The van der Waals surface area contributed by atoms with E-state index in [-0.39, 0.29) is 13.0 Å². The van der Waals surface area contributed by atoms with Crippen LogP contribution in [0.25, 0.3) is 0 Å². The van der Waals surface area contributed by atoms with Crippen LogP contribution in [0.1, 0.15) is 24.0 Å². The Morgan fingerprint density at radius 1 is 1.18 bits per heavy atom. The maximum Gasteiger partial charge on any atom is 0.471 e. The summed E-state index contributed by atoms with van der Waals surface area (Å²) >= 11 is 0. The molecule has 1 fully saturated rings. The molecular formula is C15H17F3N2O2. The van der Waals surface area contributed by atoms with Crippen molar-refractivity contribution in [3.05, 3.63) is 29.3 Å². The van der Waals surface area contributed by atoms with E-state index in [0.717, 1.165) is 11.1 Å². The standard InChI is InChI=1S/C15H17F3N2O2/c1-9-6-10(2)8-11(7-9)19-13(21)12-4-3-5-20(12)14(22)15(16,17)18/h6-8,12H,3-5H2,1-2H3,(H,19,21). The molecule has 1 aromatic carbocycles. The second kappa shape index (κ2) is 5.98. The van der Waals surface area contributed by atoms with Gasteiger partial charge in [-0.25, -0.2) is 0 Å². The zero-order chi connectivity index (χ0) is 16.5. The van der Waals surface area contributed by atoms with Crippen molar-refractivity contribution >= 4 is 17.5 Å². The van der Waals surface area contributed by atoms with Crippen LogP contribution >= 0.6 is 0 Å². The summed E-state index contributed by atoms with van der Waals surface area (Å²) in [5, 5.41) is 2.60. The first kappa shape index (κ1) is 16.3. The number of carbonyl (C=O) groups is 2. The van der Waals surface area contributed by atoms with Gasteiger partial charge in [0.25, 0.3) is 0 Å². The number of aryl methyl sites for hydroxylation is 2. The Morgan fingerprint density at radius 3 is 2.32 bits per heavy atom. The number of likely N-dealkylation sites (tertiary alicyclic amines) is 1. The third-order valence-electron chi connectivity index (χ3n) is 3.55. The van der Waals surface area contributed by atoms with Crippen LogP contribution in [0.4, 0.5) is 18.9 Å². The summed E-state index contributed by atoms with van der Waals surface area (Å²) in [4.78, 5) is 24.2. The van der Waals surface area contributed by atoms with Gasteiger partial charge in [0.05, 0.1) is 0 Å². The van der Waals surface area contributed by atoms with E-state index < -0.39 is 24.0 Å². The number of benzene rings is 1. The molecule has 120 valence electrons. The number of amides is 2. The minimum absolute atomic E-state index is 0.0523. The van der Waals surface area contributed by atoms with Gasteiger partial charge in [0, 0.05) is 12.2 Å². The summed E-state index contributed by atoms with van der Waals surface area (Å²) in [6.45, 7) is 3.67. The number of carbonyl (C=O) groups excluding carboxylic acids is 2. The van der Waals surface area contributed by atoms with Crippen molar-refractivity contribution in [2.24, 2.45) is 0 Å². The van der Waals surface area contributed by atoms with E-state index in [2.05, 4.69) is 5.32 Å². The van der Waals surface area contributed by atoms with Crippen LogP contribution in [-0.2, 0) is 9.59 Å². The van der Waals surface area contributed by atoms with Gasteiger partial charge in [-0.05, 0) is 49.9 Å². The number of hydrogen-bond donors (Lipinski definition) is 1. The average Bonchev–Trinajstić information content (AvgIpc) is 2.84. The number of hydrogen-bond acceptors (Lipinski definition) is 2. The summed E-state index contributed by atoms with van der Waals surface area (Å²) in [5.41, 5.74) is 2.39. The molecule has 0 spiro atoms. The summed E-state index contributed by atoms with van der Waals surface area (Å²) in [6, 6.07) is 4.31. The Bertz CT molecular complexity index is 579. The molecule has 4 nitrogen and oxygen atoms in total. The molecule has 2 rings (SSSR count). The van der Waals surface area contributed by atoms with E-state index in [0.29, 0.717) is 17.0 Å². The topological polar surface area (TPSA) is 49.4 Å². The first-order valence-corrected chi connectivity index (χ1v) is 6.95. The minimum Gasteiger partial charge on any atom is -0.324 e. The Hall–Kier alpha value is -2.05. The lowest BCUT2D eigenvalue weighted by molar-refractivity contribution is -0.186. The third kappa shape index (κ3) is 3.58. The first-order valence-electron chi connectivity index (χ1n) is 6.95. The molecule has 1 aromatic rings. The smallest absolute Gasteiger partial charge is 0.324 e.